The number of rotatable bonds is 5. The topological polar surface area (TPSA) is 59.1 Å². The van der Waals surface area contributed by atoms with E-state index in [9.17, 15) is 0 Å². The number of halogens is 1. The number of nitrogens with one attached hydrogen (secondary N) is 1. The van der Waals surface area contributed by atoms with E-state index in [4.69, 9.17) is 15.9 Å². The highest BCUT2D eigenvalue weighted by molar-refractivity contribution is 9.09. The molecule has 4 heteroatoms. The summed E-state index contributed by atoms with van der Waals surface area (Å²) in [6, 6.07) is 7.22. The Balaban J connectivity index is 2.51. The Morgan fingerprint density at radius 2 is 2.00 bits per heavy atom. The monoisotopic (exact) mass is 256 g/mol. The second kappa shape index (κ2) is 5.65. The zero-order valence-corrected chi connectivity index (χ0v) is 9.38. The minimum atomic E-state index is 0.0806. The van der Waals surface area contributed by atoms with Crippen LogP contribution >= 0.6 is 15.9 Å². The van der Waals surface area contributed by atoms with E-state index < -0.39 is 0 Å². The maximum Gasteiger partial charge on any atom is 0.122 e. The van der Waals surface area contributed by atoms with Crippen molar-refractivity contribution in [2.75, 3.05) is 11.9 Å². The molecule has 0 aliphatic heterocycles. The van der Waals surface area contributed by atoms with Crippen molar-refractivity contribution >= 4 is 21.8 Å². The summed E-state index contributed by atoms with van der Waals surface area (Å²) in [5.41, 5.74) is 6.04. The van der Waals surface area contributed by atoms with Crippen LogP contribution in [0.5, 0.6) is 5.75 Å². The Morgan fingerprint density at radius 3 is 2.50 bits per heavy atom. The Hall–Kier alpha value is -1.03. The molecule has 0 saturated carbocycles. The predicted molar refractivity (Wildman–Crippen MR) is 61.4 cm³/mol. The van der Waals surface area contributed by atoms with Gasteiger partial charge < -0.3 is 10.5 Å². The lowest BCUT2D eigenvalue weighted by Crippen LogP contribution is -2.10. The lowest BCUT2D eigenvalue weighted by molar-refractivity contribution is 0.319. The van der Waals surface area contributed by atoms with E-state index in [1.54, 1.807) is 12.1 Å². The van der Waals surface area contributed by atoms with Crippen molar-refractivity contribution in [2.24, 2.45) is 5.73 Å². The fourth-order valence-electron chi connectivity index (χ4n) is 0.975. The van der Waals surface area contributed by atoms with Crippen LogP contribution in [0.2, 0.25) is 0 Å². The second-order valence-corrected chi connectivity index (χ2v) is 3.62. The summed E-state index contributed by atoms with van der Waals surface area (Å²) in [7, 11) is 0. The summed E-state index contributed by atoms with van der Waals surface area (Å²) in [6.07, 6.45) is 0.981. The third-order valence-corrected chi connectivity index (χ3v) is 2.27. The van der Waals surface area contributed by atoms with Crippen LogP contribution in [0.15, 0.2) is 24.3 Å². The molecule has 0 saturated heterocycles. The van der Waals surface area contributed by atoms with Gasteiger partial charge in [0.15, 0.2) is 0 Å². The van der Waals surface area contributed by atoms with Crippen molar-refractivity contribution in [3.8, 4) is 5.75 Å². The van der Waals surface area contributed by atoms with Crippen molar-refractivity contribution in [2.45, 2.75) is 6.42 Å². The maximum absolute atomic E-state index is 7.20. The van der Waals surface area contributed by atoms with E-state index in [-0.39, 0.29) is 5.84 Å². The third kappa shape index (κ3) is 3.38. The molecule has 76 valence electrons. The van der Waals surface area contributed by atoms with E-state index >= 15 is 0 Å². The molecule has 0 amide bonds. The number of benzene rings is 1. The van der Waals surface area contributed by atoms with Crippen molar-refractivity contribution in [1.29, 1.82) is 5.41 Å². The molecule has 14 heavy (non-hydrogen) atoms. The van der Waals surface area contributed by atoms with Gasteiger partial charge in [0.25, 0.3) is 0 Å². The minimum absolute atomic E-state index is 0.0806. The molecule has 0 radical (unpaired) electrons. The highest BCUT2D eigenvalue weighted by Crippen LogP contribution is 2.12. The number of ether oxygens (including phenoxy) is 1. The molecule has 0 fully saturated rings. The molecule has 1 aromatic rings. The Morgan fingerprint density at radius 1 is 1.36 bits per heavy atom. The normalized spacial score (nSPS) is 9.79. The average Bonchev–Trinajstić information content (AvgIpc) is 2.19. The largest absolute Gasteiger partial charge is 0.494 e. The van der Waals surface area contributed by atoms with Crippen molar-refractivity contribution in [3.63, 3.8) is 0 Å². The lowest BCUT2D eigenvalue weighted by atomic mass is 10.2. The highest BCUT2D eigenvalue weighted by Gasteiger charge is 1.96. The number of amidine groups is 1. The molecule has 1 rings (SSSR count). The molecule has 0 aliphatic carbocycles. The van der Waals surface area contributed by atoms with Crippen LogP contribution in [0.3, 0.4) is 0 Å². The van der Waals surface area contributed by atoms with E-state index in [0.717, 1.165) is 23.1 Å². The van der Waals surface area contributed by atoms with E-state index in [0.29, 0.717) is 6.61 Å². The van der Waals surface area contributed by atoms with Crippen molar-refractivity contribution in [3.05, 3.63) is 29.8 Å². The highest BCUT2D eigenvalue weighted by atomic mass is 79.9. The SMILES string of the molecule is N=C(N)c1ccc(OCCCBr)cc1. The number of nitrogen functional groups attached to an aromatic ring is 1. The fraction of sp³-hybridized carbons (Fsp3) is 0.300. The molecule has 0 unspecified atom stereocenters. The summed E-state index contributed by atoms with van der Waals surface area (Å²) in [5.74, 6) is 0.896. The molecule has 0 spiro atoms. The second-order valence-electron chi connectivity index (χ2n) is 2.83. The summed E-state index contributed by atoms with van der Waals surface area (Å²) in [6.45, 7) is 0.699. The van der Waals surface area contributed by atoms with Gasteiger partial charge in [0.2, 0.25) is 0 Å². The van der Waals surface area contributed by atoms with Gasteiger partial charge >= 0.3 is 0 Å². The summed E-state index contributed by atoms with van der Waals surface area (Å²) in [5, 5.41) is 8.15. The lowest BCUT2D eigenvalue weighted by Gasteiger charge is -2.05. The standard InChI is InChI=1S/C10H13BrN2O/c11-6-1-7-14-9-4-2-8(3-5-9)10(12)13/h2-5H,1,6-7H2,(H3,12,13). The van der Waals surface area contributed by atoms with Crippen LogP contribution in [0.25, 0.3) is 0 Å². The first kappa shape index (κ1) is 11.0. The molecule has 0 atom stereocenters. The third-order valence-electron chi connectivity index (χ3n) is 1.71. The Labute approximate surface area is 91.9 Å². The predicted octanol–water partition coefficient (Wildman–Crippen LogP) is 2.13. The van der Waals surface area contributed by atoms with Crippen LogP contribution in [0.1, 0.15) is 12.0 Å². The van der Waals surface area contributed by atoms with Crippen molar-refractivity contribution < 1.29 is 4.74 Å². The van der Waals surface area contributed by atoms with Gasteiger partial charge in [0.05, 0.1) is 6.61 Å². The number of alkyl halides is 1. The summed E-state index contributed by atoms with van der Waals surface area (Å²) >= 11 is 3.33. The Bertz CT molecular complexity index is 297. The molecule has 3 nitrogen and oxygen atoms in total. The van der Waals surface area contributed by atoms with E-state index in [1.807, 2.05) is 12.1 Å². The molecule has 0 heterocycles. The van der Waals surface area contributed by atoms with Gasteiger partial charge in [-0.15, -0.1) is 0 Å². The summed E-state index contributed by atoms with van der Waals surface area (Å²) < 4.78 is 5.44. The zero-order valence-electron chi connectivity index (χ0n) is 7.79. The molecule has 1 aromatic carbocycles. The zero-order chi connectivity index (χ0) is 10.4. The Kier molecular flexibility index (Phi) is 4.46. The van der Waals surface area contributed by atoms with Gasteiger partial charge in [0, 0.05) is 10.9 Å². The molecule has 0 aromatic heterocycles. The molecular weight excluding hydrogens is 244 g/mol. The first-order valence-electron chi connectivity index (χ1n) is 4.37. The van der Waals surface area contributed by atoms with Crippen LogP contribution in [0, 0.1) is 5.41 Å². The fourth-order valence-corrected chi connectivity index (χ4v) is 1.20. The molecule has 0 bridgehead atoms. The van der Waals surface area contributed by atoms with E-state index in [1.165, 1.54) is 0 Å². The van der Waals surface area contributed by atoms with Crippen LogP contribution in [-0.2, 0) is 0 Å². The molecule has 3 N–H and O–H groups in total. The van der Waals surface area contributed by atoms with Gasteiger partial charge in [-0.3, -0.25) is 5.41 Å². The molecule has 0 aliphatic rings. The maximum atomic E-state index is 7.20. The van der Waals surface area contributed by atoms with Gasteiger partial charge in [-0.25, -0.2) is 0 Å². The van der Waals surface area contributed by atoms with Crippen LogP contribution in [-0.4, -0.2) is 17.8 Å². The minimum Gasteiger partial charge on any atom is -0.494 e. The van der Waals surface area contributed by atoms with Gasteiger partial charge in [-0.1, -0.05) is 15.9 Å². The first-order chi connectivity index (χ1) is 6.74. The smallest absolute Gasteiger partial charge is 0.122 e. The van der Waals surface area contributed by atoms with Gasteiger partial charge in [0.1, 0.15) is 11.6 Å². The van der Waals surface area contributed by atoms with Crippen LogP contribution in [0.4, 0.5) is 0 Å². The van der Waals surface area contributed by atoms with E-state index in [2.05, 4.69) is 15.9 Å². The van der Waals surface area contributed by atoms with Crippen LogP contribution < -0.4 is 10.5 Å². The van der Waals surface area contributed by atoms with Crippen molar-refractivity contribution in [1.82, 2.24) is 0 Å². The summed E-state index contributed by atoms with van der Waals surface area (Å²) in [4.78, 5) is 0. The quantitative estimate of drug-likeness (QED) is 0.367. The van der Waals surface area contributed by atoms with Gasteiger partial charge in [-0.05, 0) is 30.7 Å². The number of hydrogen-bond donors (Lipinski definition) is 2. The first-order valence-corrected chi connectivity index (χ1v) is 5.49. The molecular formula is C10H13BrN2O. The average molecular weight is 257 g/mol. The number of nitrogens with two attached hydrogens (primary N) is 1. The number of hydrogen-bond acceptors (Lipinski definition) is 2. The van der Waals surface area contributed by atoms with Gasteiger partial charge in [-0.2, -0.15) is 0 Å².